The number of hydrogen-bond acceptors (Lipinski definition) is 4. The molecule has 96 valence electrons. The van der Waals surface area contributed by atoms with Crippen LogP contribution in [0.25, 0.3) is 0 Å². The molecule has 2 N–H and O–H groups in total. The highest BCUT2D eigenvalue weighted by Gasteiger charge is 2.18. The fourth-order valence-electron chi connectivity index (χ4n) is 1.68. The first-order valence-electron chi connectivity index (χ1n) is 5.37. The Labute approximate surface area is 107 Å². The summed E-state index contributed by atoms with van der Waals surface area (Å²) in [6.07, 6.45) is 1.65. The van der Waals surface area contributed by atoms with E-state index in [1.807, 2.05) is 6.07 Å². The molecular weight excluding hydrogens is 242 g/mol. The monoisotopic (exact) mass is 259 g/mol. The number of benzene rings is 1. The Morgan fingerprint density at radius 3 is 2.24 bits per heavy atom. The van der Waals surface area contributed by atoms with Gasteiger partial charge >= 0.3 is 0 Å². The van der Waals surface area contributed by atoms with E-state index in [2.05, 4.69) is 0 Å². The van der Waals surface area contributed by atoms with Crippen LogP contribution >= 0.6 is 11.6 Å². The summed E-state index contributed by atoms with van der Waals surface area (Å²) in [5, 5.41) is 0.432. The number of ether oxygens (including phenoxy) is 3. The molecule has 0 saturated heterocycles. The Hall–Kier alpha value is -1.13. The van der Waals surface area contributed by atoms with Crippen molar-refractivity contribution in [3.8, 4) is 17.2 Å². The van der Waals surface area contributed by atoms with Crippen LogP contribution in [-0.4, -0.2) is 27.9 Å². The van der Waals surface area contributed by atoms with Crippen molar-refractivity contribution in [3.63, 3.8) is 0 Å². The van der Waals surface area contributed by atoms with E-state index in [1.54, 1.807) is 21.3 Å². The second-order valence-corrected chi connectivity index (χ2v) is 3.89. The maximum atomic E-state index is 6.22. The van der Waals surface area contributed by atoms with E-state index in [0.29, 0.717) is 28.8 Å². The highest BCUT2D eigenvalue weighted by Crippen LogP contribution is 2.44. The summed E-state index contributed by atoms with van der Waals surface area (Å²) in [7, 11) is 4.70. The quantitative estimate of drug-likeness (QED) is 0.851. The van der Waals surface area contributed by atoms with Gasteiger partial charge in [-0.1, -0.05) is 11.6 Å². The fourth-order valence-corrected chi connectivity index (χ4v) is 2.05. The van der Waals surface area contributed by atoms with E-state index in [4.69, 9.17) is 31.5 Å². The highest BCUT2D eigenvalue weighted by atomic mass is 35.5. The molecule has 0 spiro atoms. The predicted octanol–water partition coefficient (Wildman–Crippen LogP) is 2.26. The molecule has 0 heterocycles. The van der Waals surface area contributed by atoms with Crippen LogP contribution in [0.3, 0.4) is 0 Å². The van der Waals surface area contributed by atoms with Crippen LogP contribution in [0.4, 0.5) is 0 Å². The van der Waals surface area contributed by atoms with Gasteiger partial charge in [0.2, 0.25) is 0 Å². The molecule has 0 unspecified atom stereocenters. The molecule has 5 heteroatoms. The predicted molar refractivity (Wildman–Crippen MR) is 68.5 cm³/mol. The van der Waals surface area contributed by atoms with Gasteiger partial charge in [-0.15, -0.1) is 0 Å². The molecule has 17 heavy (non-hydrogen) atoms. The third kappa shape index (κ3) is 2.96. The molecule has 1 rings (SSSR count). The van der Waals surface area contributed by atoms with Crippen molar-refractivity contribution >= 4 is 11.6 Å². The molecule has 0 saturated carbocycles. The lowest BCUT2D eigenvalue weighted by Gasteiger charge is -2.16. The number of hydrogen-bond donors (Lipinski definition) is 1. The van der Waals surface area contributed by atoms with Gasteiger partial charge in [0.05, 0.1) is 21.3 Å². The maximum absolute atomic E-state index is 6.22. The molecule has 0 aromatic heterocycles. The number of rotatable bonds is 6. The van der Waals surface area contributed by atoms with Gasteiger partial charge in [0.1, 0.15) is 10.8 Å². The molecular formula is C12H18ClNO3. The summed E-state index contributed by atoms with van der Waals surface area (Å²) in [5.74, 6) is 1.71. The average Bonchev–Trinajstić information content (AvgIpc) is 2.35. The molecule has 0 amide bonds. The minimum absolute atomic E-state index is 0.432. The van der Waals surface area contributed by atoms with Crippen LogP contribution in [0.2, 0.25) is 5.02 Å². The lowest BCUT2D eigenvalue weighted by atomic mass is 10.1. The zero-order chi connectivity index (χ0) is 12.8. The largest absolute Gasteiger partial charge is 0.495 e. The van der Waals surface area contributed by atoms with Crippen molar-refractivity contribution < 1.29 is 14.2 Å². The summed E-state index contributed by atoms with van der Waals surface area (Å²) in [6.45, 7) is 0.620. The molecule has 0 aliphatic rings. The van der Waals surface area contributed by atoms with Crippen molar-refractivity contribution in [2.75, 3.05) is 27.9 Å². The molecule has 1 aromatic rings. The molecule has 0 aliphatic carbocycles. The van der Waals surface area contributed by atoms with E-state index in [0.717, 1.165) is 18.4 Å². The summed E-state index contributed by atoms with van der Waals surface area (Å²) in [5.41, 5.74) is 6.48. The first-order chi connectivity index (χ1) is 8.19. The Morgan fingerprint density at radius 1 is 1.12 bits per heavy atom. The molecule has 0 bridgehead atoms. The lowest BCUT2D eigenvalue weighted by molar-refractivity contribution is 0.347. The second-order valence-electron chi connectivity index (χ2n) is 3.51. The van der Waals surface area contributed by atoms with Crippen molar-refractivity contribution in [1.82, 2.24) is 0 Å². The van der Waals surface area contributed by atoms with Crippen LogP contribution in [-0.2, 0) is 6.42 Å². The average molecular weight is 260 g/mol. The van der Waals surface area contributed by atoms with Gasteiger partial charge < -0.3 is 19.9 Å². The minimum atomic E-state index is 0.432. The number of methoxy groups -OCH3 is 3. The first-order valence-corrected chi connectivity index (χ1v) is 5.74. The molecule has 1 aromatic carbocycles. The number of aryl methyl sites for hydroxylation is 1. The van der Waals surface area contributed by atoms with Crippen molar-refractivity contribution in [2.24, 2.45) is 5.73 Å². The number of nitrogens with two attached hydrogens (primary N) is 1. The van der Waals surface area contributed by atoms with Gasteiger partial charge in [-0.25, -0.2) is 0 Å². The van der Waals surface area contributed by atoms with E-state index >= 15 is 0 Å². The van der Waals surface area contributed by atoms with Gasteiger partial charge in [-0.3, -0.25) is 0 Å². The van der Waals surface area contributed by atoms with Gasteiger partial charge in [0.25, 0.3) is 0 Å². The number of halogens is 1. The summed E-state index contributed by atoms with van der Waals surface area (Å²) in [4.78, 5) is 0. The van der Waals surface area contributed by atoms with Crippen molar-refractivity contribution in [2.45, 2.75) is 12.8 Å². The van der Waals surface area contributed by atoms with E-state index in [1.165, 1.54) is 0 Å². The van der Waals surface area contributed by atoms with Crippen LogP contribution < -0.4 is 19.9 Å². The van der Waals surface area contributed by atoms with Crippen LogP contribution in [0.15, 0.2) is 6.07 Å². The topological polar surface area (TPSA) is 53.7 Å². The van der Waals surface area contributed by atoms with Crippen LogP contribution in [0.5, 0.6) is 17.2 Å². The fraction of sp³-hybridized carbons (Fsp3) is 0.500. The van der Waals surface area contributed by atoms with E-state index in [9.17, 15) is 0 Å². The molecule has 0 radical (unpaired) electrons. The van der Waals surface area contributed by atoms with Crippen molar-refractivity contribution in [3.05, 3.63) is 16.7 Å². The summed E-state index contributed by atoms with van der Waals surface area (Å²) < 4.78 is 15.8. The summed E-state index contributed by atoms with van der Waals surface area (Å²) >= 11 is 6.22. The van der Waals surface area contributed by atoms with E-state index in [-0.39, 0.29) is 0 Å². The van der Waals surface area contributed by atoms with Gasteiger partial charge in [0, 0.05) is 0 Å². The highest BCUT2D eigenvalue weighted by molar-refractivity contribution is 6.34. The minimum Gasteiger partial charge on any atom is -0.495 e. The van der Waals surface area contributed by atoms with Crippen molar-refractivity contribution in [1.29, 1.82) is 0 Å². The molecule has 0 atom stereocenters. The van der Waals surface area contributed by atoms with Crippen LogP contribution in [0.1, 0.15) is 12.0 Å². The Morgan fingerprint density at radius 2 is 1.76 bits per heavy atom. The van der Waals surface area contributed by atoms with Gasteiger partial charge in [0.15, 0.2) is 11.5 Å². The molecule has 4 nitrogen and oxygen atoms in total. The smallest absolute Gasteiger partial charge is 0.183 e. The molecule has 0 fully saturated rings. The van der Waals surface area contributed by atoms with Crippen LogP contribution in [0, 0.1) is 0 Å². The zero-order valence-corrected chi connectivity index (χ0v) is 11.1. The Balaban J connectivity index is 3.24. The first kappa shape index (κ1) is 13.9. The van der Waals surface area contributed by atoms with E-state index < -0.39 is 0 Å². The summed E-state index contributed by atoms with van der Waals surface area (Å²) in [6, 6.07) is 1.87. The molecule has 0 aliphatic heterocycles. The second kappa shape index (κ2) is 6.57. The third-order valence-corrected chi connectivity index (χ3v) is 2.84. The lowest BCUT2D eigenvalue weighted by Crippen LogP contribution is -2.03. The van der Waals surface area contributed by atoms with Gasteiger partial charge in [-0.05, 0) is 31.0 Å². The normalized spacial score (nSPS) is 10.2. The van der Waals surface area contributed by atoms with Gasteiger partial charge in [-0.2, -0.15) is 0 Å². The SMILES string of the molecule is COc1cc(CCCN)c(OC)c(Cl)c1OC. The Kier molecular flexibility index (Phi) is 5.38. The standard InChI is InChI=1S/C12H18ClNO3/c1-15-9-7-8(5-4-6-14)11(16-2)10(13)12(9)17-3/h7H,4-6,14H2,1-3H3. The zero-order valence-electron chi connectivity index (χ0n) is 10.4. The maximum Gasteiger partial charge on any atom is 0.183 e. The Bertz CT molecular complexity index is 383. The third-order valence-electron chi connectivity index (χ3n) is 2.50.